The van der Waals surface area contributed by atoms with Gasteiger partial charge < -0.3 is 4.74 Å². The lowest BCUT2D eigenvalue weighted by Gasteiger charge is -2.17. The average Bonchev–Trinajstić information content (AvgIpc) is 2.83. The summed E-state index contributed by atoms with van der Waals surface area (Å²) < 4.78 is 34.0. The number of allylic oxidation sites excluding steroid dienone is 1. The van der Waals surface area contributed by atoms with E-state index in [-0.39, 0.29) is 23.1 Å². The van der Waals surface area contributed by atoms with E-state index < -0.39 is 17.2 Å². The molecule has 0 atom stereocenters. The third kappa shape index (κ3) is 5.68. The Bertz CT molecular complexity index is 1400. The molecule has 0 N–H and O–H groups in total. The molecule has 0 aliphatic heterocycles. The molecular formula is C25H24ClF2N5O2. The van der Waals surface area contributed by atoms with Crippen LogP contribution in [0.3, 0.4) is 0 Å². The van der Waals surface area contributed by atoms with Gasteiger partial charge in [-0.25, -0.2) is 13.8 Å². The summed E-state index contributed by atoms with van der Waals surface area (Å²) >= 11 is 6.34. The van der Waals surface area contributed by atoms with Crippen LogP contribution >= 0.6 is 11.6 Å². The van der Waals surface area contributed by atoms with E-state index in [0.717, 1.165) is 11.8 Å². The fourth-order valence-electron chi connectivity index (χ4n) is 3.31. The fourth-order valence-corrected chi connectivity index (χ4v) is 3.50. The average molecular weight is 500 g/mol. The lowest BCUT2D eigenvalue weighted by atomic mass is 10.1. The first-order chi connectivity index (χ1) is 16.7. The maximum Gasteiger partial charge on any atom is 0.277 e. The van der Waals surface area contributed by atoms with Crippen LogP contribution in [0.1, 0.15) is 36.0 Å². The number of rotatable bonds is 7. The van der Waals surface area contributed by atoms with Crippen molar-refractivity contribution in [3.05, 3.63) is 92.9 Å². The van der Waals surface area contributed by atoms with Crippen molar-refractivity contribution in [2.75, 3.05) is 7.05 Å². The molecule has 0 aromatic carbocycles. The Morgan fingerprint density at radius 3 is 2.60 bits per heavy atom. The normalized spacial score (nSPS) is 12.1. The Kier molecular flexibility index (Phi) is 8.24. The minimum atomic E-state index is -0.856. The number of aliphatic imine (C=N–C) groups is 2. The van der Waals surface area contributed by atoms with Gasteiger partial charge in [0.1, 0.15) is 34.7 Å². The summed E-state index contributed by atoms with van der Waals surface area (Å²) in [5.74, 6) is -0.964. The smallest absolute Gasteiger partial charge is 0.277 e. The first-order valence-electron chi connectivity index (χ1n) is 10.7. The predicted molar refractivity (Wildman–Crippen MR) is 133 cm³/mol. The van der Waals surface area contributed by atoms with Crippen molar-refractivity contribution in [1.29, 1.82) is 0 Å². The first-order valence-corrected chi connectivity index (χ1v) is 11.1. The highest BCUT2D eigenvalue weighted by Gasteiger charge is 2.18. The summed E-state index contributed by atoms with van der Waals surface area (Å²) in [4.78, 5) is 30.0. The third-order valence-corrected chi connectivity index (χ3v) is 5.49. The van der Waals surface area contributed by atoms with Crippen LogP contribution < -0.4 is 10.3 Å². The van der Waals surface area contributed by atoms with Gasteiger partial charge in [0.25, 0.3) is 5.56 Å². The van der Waals surface area contributed by atoms with Crippen molar-refractivity contribution >= 4 is 23.1 Å². The highest BCUT2D eigenvalue weighted by atomic mass is 35.5. The van der Waals surface area contributed by atoms with Crippen LogP contribution in [0.15, 0.2) is 58.0 Å². The molecule has 3 heterocycles. The standard InChI is InChI=1S/C25H24ClF2N5O2/c1-6-18(32-23(7-2)29-5)19-10-21(14(3)11-30-19)33-15(4)8-22(24(26)25(33)34)35-13-20-17(28)9-16(27)12-31-20/h6,8-12H,1,7,13H2,2-5H3. The minimum absolute atomic E-state index is 0.0583. The SMILES string of the molecule is C=CC(=NC(CC)=NC)c1cc(-n2c(C)cc(OCc3ncc(F)cc3F)c(Cl)c2=O)c(C)cn1. The molecule has 0 aliphatic rings. The third-order valence-electron chi connectivity index (χ3n) is 5.14. The molecule has 0 saturated carbocycles. The molecule has 182 valence electrons. The number of hydrogen-bond donors (Lipinski definition) is 0. The molecule has 3 aromatic heterocycles. The van der Waals surface area contributed by atoms with Crippen molar-refractivity contribution in [3.8, 4) is 11.4 Å². The lowest BCUT2D eigenvalue weighted by Crippen LogP contribution is -2.23. The second-order valence-corrected chi connectivity index (χ2v) is 7.90. The molecule has 35 heavy (non-hydrogen) atoms. The van der Waals surface area contributed by atoms with Crippen LogP contribution in [-0.4, -0.2) is 33.1 Å². The largest absolute Gasteiger partial charge is 0.485 e. The molecular weight excluding hydrogens is 476 g/mol. The topological polar surface area (TPSA) is 81.7 Å². The van der Waals surface area contributed by atoms with Gasteiger partial charge >= 0.3 is 0 Å². The van der Waals surface area contributed by atoms with E-state index in [1.54, 1.807) is 38.4 Å². The van der Waals surface area contributed by atoms with Crippen molar-refractivity contribution in [1.82, 2.24) is 14.5 Å². The van der Waals surface area contributed by atoms with Crippen molar-refractivity contribution < 1.29 is 13.5 Å². The molecule has 0 radical (unpaired) electrons. The summed E-state index contributed by atoms with van der Waals surface area (Å²) in [5.41, 5.74) is 2.18. The Hall–Kier alpha value is -3.72. The predicted octanol–water partition coefficient (Wildman–Crippen LogP) is 5.17. The molecule has 0 unspecified atom stereocenters. The Balaban J connectivity index is 2.03. The Labute approximate surface area is 206 Å². The second-order valence-electron chi connectivity index (χ2n) is 7.53. The quantitative estimate of drug-likeness (QED) is 0.332. The summed E-state index contributed by atoms with van der Waals surface area (Å²) in [6, 6.07) is 3.99. The Morgan fingerprint density at radius 2 is 1.97 bits per heavy atom. The molecule has 0 fully saturated rings. The van der Waals surface area contributed by atoms with Crippen molar-refractivity contribution in [2.24, 2.45) is 9.98 Å². The lowest BCUT2D eigenvalue weighted by molar-refractivity contribution is 0.292. The van der Waals surface area contributed by atoms with Crippen LogP contribution in [0.2, 0.25) is 5.02 Å². The molecule has 0 amide bonds. The number of hydrogen-bond acceptors (Lipinski definition) is 5. The van der Waals surface area contributed by atoms with Gasteiger partial charge in [-0.15, -0.1) is 0 Å². The minimum Gasteiger partial charge on any atom is -0.485 e. The maximum atomic E-state index is 13.9. The van der Waals surface area contributed by atoms with E-state index in [1.165, 1.54) is 4.57 Å². The molecule has 3 rings (SSSR count). The van der Waals surface area contributed by atoms with Gasteiger partial charge in [-0.3, -0.25) is 24.3 Å². The number of amidine groups is 1. The van der Waals surface area contributed by atoms with Gasteiger partial charge in [0.2, 0.25) is 0 Å². The molecule has 3 aromatic rings. The number of nitrogens with zero attached hydrogens (tertiary/aromatic N) is 5. The zero-order valence-corrected chi connectivity index (χ0v) is 20.5. The van der Waals surface area contributed by atoms with E-state index in [9.17, 15) is 13.6 Å². The van der Waals surface area contributed by atoms with Gasteiger partial charge in [-0.1, -0.05) is 25.1 Å². The number of ether oxygens (including phenoxy) is 1. The monoisotopic (exact) mass is 499 g/mol. The van der Waals surface area contributed by atoms with Crippen molar-refractivity contribution in [3.63, 3.8) is 0 Å². The number of halogens is 3. The van der Waals surface area contributed by atoms with E-state index in [0.29, 0.717) is 41.1 Å². The zero-order chi connectivity index (χ0) is 25.7. The summed E-state index contributed by atoms with van der Waals surface area (Å²) in [5, 5.41) is -0.195. The maximum absolute atomic E-state index is 13.9. The van der Waals surface area contributed by atoms with E-state index in [1.807, 2.05) is 13.8 Å². The van der Waals surface area contributed by atoms with E-state index in [2.05, 4.69) is 26.5 Å². The summed E-state index contributed by atoms with van der Waals surface area (Å²) in [6.07, 6.45) is 4.72. The van der Waals surface area contributed by atoms with Crippen LogP contribution in [0, 0.1) is 25.5 Å². The van der Waals surface area contributed by atoms with Gasteiger partial charge in [0.15, 0.2) is 5.82 Å². The van der Waals surface area contributed by atoms with E-state index >= 15 is 0 Å². The number of aryl methyl sites for hydroxylation is 2. The second kappa shape index (κ2) is 11.1. The van der Waals surface area contributed by atoms with Crippen LogP contribution in [0.25, 0.3) is 5.69 Å². The first kappa shape index (κ1) is 25.9. The zero-order valence-electron chi connectivity index (χ0n) is 19.8. The van der Waals surface area contributed by atoms with E-state index in [4.69, 9.17) is 16.3 Å². The van der Waals surface area contributed by atoms with Gasteiger partial charge in [0.05, 0.1) is 23.3 Å². The van der Waals surface area contributed by atoms with Gasteiger partial charge in [-0.05, 0) is 31.6 Å². The number of pyridine rings is 3. The molecule has 10 heteroatoms. The summed E-state index contributed by atoms with van der Waals surface area (Å²) in [6.45, 7) is 8.95. The van der Waals surface area contributed by atoms with Crippen LogP contribution in [0.4, 0.5) is 8.78 Å². The fraction of sp³-hybridized carbons (Fsp3) is 0.240. The van der Waals surface area contributed by atoms with Crippen LogP contribution in [0.5, 0.6) is 5.75 Å². The summed E-state index contributed by atoms with van der Waals surface area (Å²) in [7, 11) is 1.66. The number of aromatic nitrogens is 3. The highest BCUT2D eigenvalue weighted by molar-refractivity contribution is 6.31. The van der Waals surface area contributed by atoms with Crippen LogP contribution in [-0.2, 0) is 6.61 Å². The van der Waals surface area contributed by atoms with Gasteiger partial charge in [-0.2, -0.15) is 0 Å². The van der Waals surface area contributed by atoms with Crippen molar-refractivity contribution in [2.45, 2.75) is 33.8 Å². The van der Waals surface area contributed by atoms with Gasteiger partial charge in [0, 0.05) is 37.5 Å². The highest BCUT2D eigenvalue weighted by Crippen LogP contribution is 2.26. The molecule has 0 aliphatic carbocycles. The molecule has 0 spiro atoms. The Morgan fingerprint density at radius 1 is 1.23 bits per heavy atom. The molecule has 0 bridgehead atoms. The molecule has 7 nitrogen and oxygen atoms in total. The molecule has 0 saturated heterocycles.